The van der Waals surface area contributed by atoms with Gasteiger partial charge in [0.1, 0.15) is 5.03 Å². The highest BCUT2D eigenvalue weighted by Gasteiger charge is 1.99. The van der Waals surface area contributed by atoms with Crippen molar-refractivity contribution in [3.8, 4) is 0 Å². The van der Waals surface area contributed by atoms with E-state index < -0.39 is 0 Å². The van der Waals surface area contributed by atoms with Crippen LogP contribution >= 0.6 is 11.8 Å². The van der Waals surface area contributed by atoms with E-state index in [0.717, 1.165) is 16.5 Å². The molecule has 0 bridgehead atoms. The van der Waals surface area contributed by atoms with Crippen molar-refractivity contribution >= 4 is 17.4 Å². The molecule has 0 aliphatic heterocycles. The first-order valence-electron chi connectivity index (χ1n) is 7.18. The molecule has 0 aliphatic rings. The zero-order valence-electron chi connectivity index (χ0n) is 11.5. The lowest BCUT2D eigenvalue weighted by Crippen LogP contribution is -1.91. The Kier molecular flexibility index (Phi) is 8.74. The predicted octanol–water partition coefficient (Wildman–Crippen LogP) is 4.90. The average Bonchev–Trinajstić information content (AvgIpc) is 2.39. The van der Waals surface area contributed by atoms with Gasteiger partial charge in [0.05, 0.1) is 5.69 Å². The van der Waals surface area contributed by atoms with Gasteiger partial charge in [-0.2, -0.15) is 0 Å². The fourth-order valence-corrected chi connectivity index (χ4v) is 2.84. The van der Waals surface area contributed by atoms with Crippen LogP contribution in [0.1, 0.15) is 58.3 Å². The second-order valence-electron chi connectivity index (χ2n) is 4.72. The molecule has 0 atom stereocenters. The summed E-state index contributed by atoms with van der Waals surface area (Å²) in [6.07, 6.45) is 12.8. The van der Waals surface area contributed by atoms with Crippen LogP contribution < -0.4 is 5.73 Å². The molecule has 0 amide bonds. The normalized spacial score (nSPS) is 10.7. The number of hydrogen-bond donors (Lipinski definition) is 1. The minimum Gasteiger partial charge on any atom is -0.397 e. The summed E-state index contributed by atoms with van der Waals surface area (Å²) in [6.45, 7) is 2.26. The Morgan fingerprint density at radius 1 is 1.06 bits per heavy atom. The molecule has 0 saturated heterocycles. The van der Waals surface area contributed by atoms with Gasteiger partial charge in [0.25, 0.3) is 0 Å². The van der Waals surface area contributed by atoms with E-state index in [1.54, 1.807) is 11.8 Å². The Labute approximate surface area is 116 Å². The van der Waals surface area contributed by atoms with Gasteiger partial charge in [0.15, 0.2) is 0 Å². The summed E-state index contributed by atoms with van der Waals surface area (Å²) in [6, 6.07) is 3.80. The van der Waals surface area contributed by atoms with E-state index in [4.69, 9.17) is 5.73 Å². The lowest BCUT2D eigenvalue weighted by molar-refractivity contribution is 0.586. The van der Waals surface area contributed by atoms with Gasteiger partial charge >= 0.3 is 0 Å². The van der Waals surface area contributed by atoms with Gasteiger partial charge in [-0.05, 0) is 24.3 Å². The fraction of sp³-hybridized carbons (Fsp3) is 0.667. The van der Waals surface area contributed by atoms with Crippen molar-refractivity contribution in [3.05, 3.63) is 18.3 Å². The minimum atomic E-state index is 0.807. The number of pyridine rings is 1. The van der Waals surface area contributed by atoms with E-state index in [1.807, 2.05) is 18.3 Å². The molecule has 0 aliphatic carbocycles. The minimum absolute atomic E-state index is 0.807. The highest BCUT2D eigenvalue weighted by molar-refractivity contribution is 7.99. The molecule has 3 heteroatoms. The van der Waals surface area contributed by atoms with Crippen LogP contribution in [0.25, 0.3) is 0 Å². The third kappa shape index (κ3) is 6.90. The van der Waals surface area contributed by atoms with Crippen molar-refractivity contribution < 1.29 is 0 Å². The summed E-state index contributed by atoms with van der Waals surface area (Å²) in [4.78, 5) is 4.28. The van der Waals surface area contributed by atoms with Gasteiger partial charge in [-0.3, -0.25) is 0 Å². The molecule has 0 fully saturated rings. The number of unbranched alkanes of at least 4 members (excludes halogenated alkanes) is 7. The summed E-state index contributed by atoms with van der Waals surface area (Å²) in [5, 5.41) is 0.987. The Morgan fingerprint density at radius 3 is 2.39 bits per heavy atom. The average molecular weight is 266 g/mol. The lowest BCUT2D eigenvalue weighted by Gasteiger charge is -2.04. The van der Waals surface area contributed by atoms with E-state index in [1.165, 1.54) is 51.4 Å². The van der Waals surface area contributed by atoms with Crippen LogP contribution in [0.4, 0.5) is 5.69 Å². The monoisotopic (exact) mass is 266 g/mol. The second-order valence-corrected chi connectivity index (χ2v) is 5.80. The Hall–Kier alpha value is -0.700. The molecule has 0 saturated carbocycles. The van der Waals surface area contributed by atoms with Crippen LogP contribution in [0.15, 0.2) is 23.4 Å². The molecule has 0 spiro atoms. The molecule has 0 radical (unpaired) electrons. The maximum absolute atomic E-state index is 5.85. The molecule has 2 N–H and O–H groups in total. The molecule has 1 aromatic heterocycles. The zero-order chi connectivity index (χ0) is 13.1. The highest BCUT2D eigenvalue weighted by Crippen LogP contribution is 2.23. The zero-order valence-corrected chi connectivity index (χ0v) is 12.3. The summed E-state index contributed by atoms with van der Waals surface area (Å²) < 4.78 is 0. The van der Waals surface area contributed by atoms with Gasteiger partial charge in [-0.1, -0.05) is 51.9 Å². The van der Waals surface area contributed by atoms with E-state index in [0.29, 0.717) is 0 Å². The van der Waals surface area contributed by atoms with Crippen LogP contribution in [-0.4, -0.2) is 10.7 Å². The number of anilines is 1. The van der Waals surface area contributed by atoms with Gasteiger partial charge in [0.2, 0.25) is 0 Å². The number of nitrogens with zero attached hydrogens (tertiary/aromatic N) is 1. The third-order valence-corrected chi connectivity index (χ3v) is 4.14. The molecule has 2 nitrogen and oxygen atoms in total. The number of thioether (sulfide) groups is 1. The molecule has 0 aromatic carbocycles. The van der Waals surface area contributed by atoms with Crippen molar-refractivity contribution in [2.75, 3.05) is 11.5 Å². The van der Waals surface area contributed by atoms with Crippen molar-refractivity contribution in [1.29, 1.82) is 0 Å². The smallest absolute Gasteiger partial charge is 0.119 e. The van der Waals surface area contributed by atoms with E-state index in [2.05, 4.69) is 11.9 Å². The van der Waals surface area contributed by atoms with Crippen LogP contribution in [0.3, 0.4) is 0 Å². The molecule has 102 valence electrons. The van der Waals surface area contributed by atoms with Crippen LogP contribution in [0.5, 0.6) is 0 Å². The second kappa shape index (κ2) is 10.2. The third-order valence-electron chi connectivity index (χ3n) is 3.04. The fourth-order valence-electron chi connectivity index (χ4n) is 1.93. The van der Waals surface area contributed by atoms with E-state index >= 15 is 0 Å². The molecule has 18 heavy (non-hydrogen) atoms. The predicted molar refractivity (Wildman–Crippen MR) is 82.0 cm³/mol. The first kappa shape index (κ1) is 15.4. The Morgan fingerprint density at radius 2 is 1.72 bits per heavy atom. The molecule has 0 unspecified atom stereocenters. The number of rotatable bonds is 10. The molecule has 1 heterocycles. The number of hydrogen-bond acceptors (Lipinski definition) is 3. The first-order valence-corrected chi connectivity index (χ1v) is 8.16. The molecular formula is C15H26N2S. The lowest BCUT2D eigenvalue weighted by atomic mass is 10.1. The van der Waals surface area contributed by atoms with E-state index in [9.17, 15) is 0 Å². The summed E-state index contributed by atoms with van der Waals surface area (Å²) in [7, 11) is 0. The van der Waals surface area contributed by atoms with Crippen molar-refractivity contribution in [3.63, 3.8) is 0 Å². The topological polar surface area (TPSA) is 38.9 Å². The van der Waals surface area contributed by atoms with Crippen LogP contribution in [0, 0.1) is 0 Å². The van der Waals surface area contributed by atoms with Crippen molar-refractivity contribution in [2.45, 2.75) is 63.3 Å². The SMILES string of the molecule is CCCCCCCCCCSc1ncccc1N. The van der Waals surface area contributed by atoms with Gasteiger partial charge in [0, 0.05) is 6.20 Å². The molecular weight excluding hydrogens is 240 g/mol. The van der Waals surface area contributed by atoms with Gasteiger partial charge in [-0.25, -0.2) is 4.98 Å². The maximum atomic E-state index is 5.85. The Balaban J connectivity index is 1.94. The standard InChI is InChI=1S/C15H26N2S/c1-2-3-4-5-6-7-8-9-13-18-15-14(16)11-10-12-17-15/h10-12H,2-9,13,16H2,1H3. The van der Waals surface area contributed by atoms with Crippen LogP contribution in [-0.2, 0) is 0 Å². The quantitative estimate of drug-likeness (QED) is 0.484. The van der Waals surface area contributed by atoms with E-state index in [-0.39, 0.29) is 0 Å². The highest BCUT2D eigenvalue weighted by atomic mass is 32.2. The Bertz CT molecular complexity index is 315. The molecule has 1 rings (SSSR count). The summed E-state index contributed by atoms with van der Waals surface area (Å²) in [5.74, 6) is 1.14. The van der Waals surface area contributed by atoms with Crippen LogP contribution in [0.2, 0.25) is 0 Å². The number of aromatic nitrogens is 1. The number of nitrogens with two attached hydrogens (primary N) is 1. The van der Waals surface area contributed by atoms with Gasteiger partial charge in [-0.15, -0.1) is 11.8 Å². The van der Waals surface area contributed by atoms with Crippen molar-refractivity contribution in [1.82, 2.24) is 4.98 Å². The number of nitrogen functional groups attached to an aromatic ring is 1. The van der Waals surface area contributed by atoms with Gasteiger partial charge < -0.3 is 5.73 Å². The maximum Gasteiger partial charge on any atom is 0.119 e. The largest absolute Gasteiger partial charge is 0.397 e. The summed E-state index contributed by atoms with van der Waals surface area (Å²) in [5.41, 5.74) is 6.65. The van der Waals surface area contributed by atoms with Crippen molar-refractivity contribution in [2.24, 2.45) is 0 Å². The first-order chi connectivity index (χ1) is 8.84. The molecule has 1 aromatic rings. The summed E-state index contributed by atoms with van der Waals surface area (Å²) >= 11 is 1.78.